The summed E-state index contributed by atoms with van der Waals surface area (Å²) < 4.78 is 70.8. The maximum Gasteiger partial charge on any atom is 0.414 e. The highest BCUT2D eigenvalue weighted by molar-refractivity contribution is 7.91. The Morgan fingerprint density at radius 2 is 2.03 bits per heavy atom. The lowest BCUT2D eigenvalue weighted by molar-refractivity contribution is -0.140. The maximum absolute atomic E-state index is 13.7. The molecule has 2 unspecified atom stereocenters. The zero-order valence-electron chi connectivity index (χ0n) is 20.6. The number of hydrogen-bond donors (Lipinski definition) is 3. The summed E-state index contributed by atoms with van der Waals surface area (Å²) in [4.78, 5) is 38.4. The Morgan fingerprint density at radius 3 is 2.58 bits per heavy atom. The molecule has 0 saturated carbocycles. The molecule has 1 fully saturated rings. The third-order valence-electron chi connectivity index (χ3n) is 6.11. The molecule has 1 aliphatic carbocycles. The molecule has 208 valence electrons. The van der Waals surface area contributed by atoms with Crippen LogP contribution in [0, 0.1) is 11.2 Å². The predicted octanol–water partition coefficient (Wildman–Crippen LogP) is 0.431. The van der Waals surface area contributed by atoms with E-state index < -0.39 is 78.1 Å². The highest BCUT2D eigenvalue weighted by Crippen LogP contribution is 2.38. The summed E-state index contributed by atoms with van der Waals surface area (Å²) in [5.41, 5.74) is -1.67. The van der Waals surface area contributed by atoms with Crippen molar-refractivity contribution in [2.45, 2.75) is 29.8 Å². The van der Waals surface area contributed by atoms with Gasteiger partial charge in [-0.2, -0.15) is 4.72 Å². The number of hydrogen-bond acceptors (Lipinski definition) is 9. The van der Waals surface area contributed by atoms with Gasteiger partial charge in [-0.15, -0.1) is 0 Å². The van der Waals surface area contributed by atoms with Crippen molar-refractivity contribution in [2.24, 2.45) is 5.41 Å². The number of sulfonamides is 1. The third-order valence-corrected chi connectivity index (χ3v) is 9.24. The van der Waals surface area contributed by atoms with Gasteiger partial charge in [0.05, 0.1) is 27.9 Å². The van der Waals surface area contributed by atoms with E-state index in [2.05, 4.69) is 5.32 Å². The van der Waals surface area contributed by atoms with Crippen LogP contribution in [0.1, 0.15) is 12.8 Å². The van der Waals surface area contributed by atoms with Gasteiger partial charge in [0.2, 0.25) is 10.0 Å². The van der Waals surface area contributed by atoms with Crippen molar-refractivity contribution in [3.8, 4) is 0 Å². The van der Waals surface area contributed by atoms with Gasteiger partial charge in [-0.1, -0.05) is 12.1 Å². The van der Waals surface area contributed by atoms with Gasteiger partial charge in [-0.3, -0.25) is 9.59 Å². The minimum Gasteiger partial charge on any atom is -0.480 e. The van der Waals surface area contributed by atoms with Gasteiger partial charge in [0.15, 0.2) is 15.6 Å². The van der Waals surface area contributed by atoms with E-state index in [1.165, 1.54) is 37.2 Å². The molecule has 1 aromatic carbocycles. The Bertz CT molecular complexity index is 1390. The fourth-order valence-corrected chi connectivity index (χ4v) is 6.69. The Hall–Kier alpha value is -3.14. The van der Waals surface area contributed by atoms with E-state index in [0.29, 0.717) is 6.07 Å². The number of rotatable bonds is 9. The van der Waals surface area contributed by atoms with Crippen LogP contribution in [0.3, 0.4) is 0 Å². The Morgan fingerprint density at radius 1 is 1.32 bits per heavy atom. The van der Waals surface area contributed by atoms with Crippen molar-refractivity contribution in [2.75, 3.05) is 32.1 Å². The summed E-state index contributed by atoms with van der Waals surface area (Å²) in [7, 11) is -5.15. The molecule has 1 heterocycles. The summed E-state index contributed by atoms with van der Waals surface area (Å²) in [6.07, 6.45) is 2.43. The maximum atomic E-state index is 13.7. The smallest absolute Gasteiger partial charge is 0.414 e. The van der Waals surface area contributed by atoms with E-state index in [4.69, 9.17) is 4.74 Å². The lowest BCUT2D eigenvalue weighted by Gasteiger charge is -2.37. The number of Topliss-reactive ketones (excluding diaryl/α,β-unsaturated/α-hetero) is 1. The first-order valence-electron chi connectivity index (χ1n) is 11.4. The van der Waals surface area contributed by atoms with Crippen LogP contribution in [-0.4, -0.2) is 88.9 Å². The first-order valence-corrected chi connectivity index (χ1v) is 14.7. The van der Waals surface area contributed by atoms with Crippen molar-refractivity contribution in [1.82, 2.24) is 14.9 Å². The largest absolute Gasteiger partial charge is 0.480 e. The Labute approximate surface area is 219 Å². The molecule has 0 radical (unpaired) electrons. The number of ether oxygens (including phenoxy) is 1. The molecule has 1 aliphatic heterocycles. The van der Waals surface area contributed by atoms with Crippen LogP contribution in [0.25, 0.3) is 0 Å². The average Bonchev–Trinajstić information content (AvgIpc) is 2.83. The first-order chi connectivity index (χ1) is 17.6. The summed E-state index contributed by atoms with van der Waals surface area (Å²) in [5.74, 6) is -3.74. The van der Waals surface area contributed by atoms with Crippen LogP contribution in [0.15, 0.2) is 53.1 Å². The average molecular weight is 574 g/mol. The number of carbonyl (C=O) groups is 3. The van der Waals surface area contributed by atoms with Crippen LogP contribution in [-0.2, 0) is 34.2 Å². The number of carboxylic acid groups (broad SMARTS) is 1. The number of nitrogens with one attached hydrogen (secondary N) is 2. The van der Waals surface area contributed by atoms with E-state index in [-0.39, 0.29) is 24.5 Å². The molecule has 0 spiro atoms. The lowest BCUT2D eigenvalue weighted by Crippen LogP contribution is -2.56. The number of amides is 1. The van der Waals surface area contributed by atoms with E-state index in [0.717, 1.165) is 18.2 Å². The lowest BCUT2D eigenvalue weighted by atomic mass is 9.71. The summed E-state index contributed by atoms with van der Waals surface area (Å²) in [5, 5.41) is 12.7. The van der Waals surface area contributed by atoms with Gasteiger partial charge in [0.1, 0.15) is 17.6 Å². The summed E-state index contributed by atoms with van der Waals surface area (Å²) in [6.45, 7) is 0.00856. The standard InChI is InChI=1S/C23H28FN3O9S2/c1-27(2)22(31)36-16-6-8-23(9-7-16,20(28)19-14-37(32,33)11-10-25-19)13-18(21(29)30)26-38(34,35)17-5-3-4-15(24)12-17/h3-8,12,18-19,25-26H,9-11,13-14H2,1-2H3,(H,29,30)/t18-,19?,23?/m0/s1. The molecule has 2 aliphatic rings. The molecule has 15 heteroatoms. The number of carbonyl (C=O) groups excluding carboxylic acids is 2. The Balaban J connectivity index is 1.95. The predicted molar refractivity (Wildman–Crippen MR) is 133 cm³/mol. The number of halogens is 1. The third kappa shape index (κ3) is 7.03. The number of benzene rings is 1. The molecular weight excluding hydrogens is 545 g/mol. The van der Waals surface area contributed by atoms with Gasteiger partial charge in [-0.05, 0) is 43.2 Å². The number of sulfone groups is 1. The van der Waals surface area contributed by atoms with Gasteiger partial charge >= 0.3 is 12.1 Å². The first kappa shape index (κ1) is 29.4. The van der Waals surface area contributed by atoms with Crippen LogP contribution < -0.4 is 10.0 Å². The minimum atomic E-state index is -4.52. The molecule has 1 amide bonds. The highest BCUT2D eigenvalue weighted by Gasteiger charge is 2.46. The van der Waals surface area contributed by atoms with E-state index in [1.807, 2.05) is 4.72 Å². The van der Waals surface area contributed by atoms with Crippen molar-refractivity contribution in [3.05, 3.63) is 54.1 Å². The van der Waals surface area contributed by atoms with Gasteiger partial charge in [0, 0.05) is 20.6 Å². The SMILES string of the molecule is CN(C)C(=O)OC1=CCC(C[C@H](NS(=O)(=O)c2cccc(F)c2)C(=O)O)(C(=O)C2CS(=O)(=O)CCN2)C=C1. The van der Waals surface area contributed by atoms with Crippen molar-refractivity contribution < 1.29 is 45.5 Å². The van der Waals surface area contributed by atoms with E-state index >= 15 is 0 Å². The number of nitrogens with zero attached hydrogens (tertiary/aromatic N) is 1. The zero-order valence-corrected chi connectivity index (χ0v) is 22.2. The molecule has 38 heavy (non-hydrogen) atoms. The molecule has 0 aromatic heterocycles. The van der Waals surface area contributed by atoms with Crippen molar-refractivity contribution in [1.29, 1.82) is 0 Å². The van der Waals surface area contributed by atoms with Crippen LogP contribution in [0.5, 0.6) is 0 Å². The topological polar surface area (TPSA) is 176 Å². The monoisotopic (exact) mass is 573 g/mol. The number of carboxylic acids is 1. The second-order valence-corrected chi connectivity index (χ2v) is 13.2. The molecule has 3 rings (SSSR count). The molecule has 0 bridgehead atoms. The zero-order chi connectivity index (χ0) is 28.3. The molecule has 3 atom stereocenters. The minimum absolute atomic E-state index is 0.00856. The molecule has 3 N–H and O–H groups in total. The fourth-order valence-electron chi connectivity index (χ4n) is 4.10. The Kier molecular flexibility index (Phi) is 8.75. The van der Waals surface area contributed by atoms with Crippen molar-refractivity contribution >= 4 is 37.7 Å². The molecule has 1 aromatic rings. The second kappa shape index (κ2) is 11.3. The van der Waals surface area contributed by atoms with E-state index in [9.17, 15) is 40.7 Å². The van der Waals surface area contributed by atoms with Crippen LogP contribution >= 0.6 is 0 Å². The van der Waals surface area contributed by atoms with Gasteiger partial charge in [0.25, 0.3) is 0 Å². The van der Waals surface area contributed by atoms with Crippen LogP contribution in [0.4, 0.5) is 9.18 Å². The summed E-state index contributed by atoms with van der Waals surface area (Å²) >= 11 is 0. The second-order valence-electron chi connectivity index (χ2n) is 9.22. The molecular formula is C23H28FN3O9S2. The van der Waals surface area contributed by atoms with Gasteiger partial charge in [-0.25, -0.2) is 26.0 Å². The van der Waals surface area contributed by atoms with Gasteiger partial charge < -0.3 is 20.1 Å². The highest BCUT2D eigenvalue weighted by atomic mass is 32.2. The van der Waals surface area contributed by atoms with Crippen molar-refractivity contribution in [3.63, 3.8) is 0 Å². The number of allylic oxidation sites excluding steroid dienone is 3. The molecule has 1 saturated heterocycles. The number of aliphatic carboxylic acids is 1. The number of ketones is 1. The molecule has 12 nitrogen and oxygen atoms in total. The van der Waals surface area contributed by atoms with E-state index in [1.54, 1.807) is 0 Å². The quantitative estimate of drug-likeness (QED) is 0.376. The normalized spacial score (nSPS) is 23.7. The fraction of sp³-hybridized carbons (Fsp3) is 0.435. The van der Waals surface area contributed by atoms with Crippen LogP contribution in [0.2, 0.25) is 0 Å². The summed E-state index contributed by atoms with van der Waals surface area (Å²) in [6, 6.07) is 0.935.